The van der Waals surface area contributed by atoms with Gasteiger partial charge in [0.05, 0.1) is 17.7 Å². The number of fused-ring (bicyclic) bond motifs is 1. The van der Waals surface area contributed by atoms with E-state index < -0.39 is 24.5 Å². The van der Waals surface area contributed by atoms with Crippen LogP contribution in [0.4, 0.5) is 5.95 Å². The smallest absolute Gasteiger partial charge is 0.245 e. The Balaban J connectivity index is 1.70. The van der Waals surface area contributed by atoms with Crippen LogP contribution in [0.5, 0.6) is 5.88 Å². The highest BCUT2D eigenvalue weighted by Gasteiger charge is 2.43. The molecule has 31 heavy (non-hydrogen) atoms. The highest BCUT2D eigenvalue weighted by atomic mass is 16.6. The van der Waals surface area contributed by atoms with Crippen LogP contribution in [0.1, 0.15) is 38.1 Å². The molecule has 10 nitrogen and oxygen atoms in total. The van der Waals surface area contributed by atoms with Gasteiger partial charge in [-0.1, -0.05) is 12.1 Å². The molecule has 4 rings (SSSR count). The Hall–Kier alpha value is -3.26. The third-order valence-electron chi connectivity index (χ3n) is 5.05. The van der Waals surface area contributed by atoms with Gasteiger partial charge in [0.1, 0.15) is 25.1 Å². The summed E-state index contributed by atoms with van der Waals surface area (Å²) >= 11 is 0. The molecular formula is C21H24N6O4. The summed E-state index contributed by atoms with van der Waals surface area (Å²) in [5.74, 6) is 0.708. The van der Waals surface area contributed by atoms with Crippen LogP contribution in [0, 0.1) is 11.3 Å². The van der Waals surface area contributed by atoms with Crippen LogP contribution in [0.2, 0.25) is 0 Å². The zero-order valence-corrected chi connectivity index (χ0v) is 17.4. The molecule has 1 saturated heterocycles. The zero-order valence-electron chi connectivity index (χ0n) is 17.4. The Morgan fingerprint density at radius 3 is 2.58 bits per heavy atom. The van der Waals surface area contributed by atoms with Gasteiger partial charge in [-0.3, -0.25) is 4.57 Å². The molecule has 162 valence electrons. The number of benzene rings is 1. The fourth-order valence-corrected chi connectivity index (χ4v) is 3.46. The molecule has 3 aromatic rings. The van der Waals surface area contributed by atoms with E-state index >= 15 is 0 Å². The van der Waals surface area contributed by atoms with E-state index in [1.165, 1.54) is 6.33 Å². The predicted molar refractivity (Wildman–Crippen MR) is 111 cm³/mol. The number of rotatable bonds is 6. The third-order valence-corrected chi connectivity index (χ3v) is 5.05. The highest BCUT2D eigenvalue weighted by molar-refractivity contribution is 5.79. The lowest BCUT2D eigenvalue weighted by molar-refractivity contribution is -0.0287. The molecule has 10 heteroatoms. The lowest BCUT2D eigenvalue weighted by Gasteiger charge is -2.20. The standard InChI is InChI=1S/C21H24N6O4/c1-11(2)25-21-26-15-18(27(21)20-17(29)16(28)12(3)31-20)23-10-24-19(15)30-9-14-6-4-13(8-22)5-7-14/h4-7,10-12,16-17,20,28-29H,9H2,1-3H3,(H,25,26)/t12-,16-,17-,20-/m1/s1. The average molecular weight is 424 g/mol. The van der Waals surface area contributed by atoms with Crippen molar-refractivity contribution in [3.05, 3.63) is 41.7 Å². The van der Waals surface area contributed by atoms with Crippen molar-refractivity contribution < 1.29 is 19.7 Å². The highest BCUT2D eigenvalue weighted by Crippen LogP contribution is 2.36. The molecule has 0 amide bonds. The molecule has 1 aliphatic heterocycles. The molecule has 1 aliphatic rings. The second-order valence-corrected chi connectivity index (χ2v) is 7.77. The van der Waals surface area contributed by atoms with E-state index in [1.54, 1.807) is 23.6 Å². The average Bonchev–Trinajstić information content (AvgIpc) is 3.23. The number of aliphatic hydroxyl groups excluding tert-OH is 2. The van der Waals surface area contributed by atoms with Crippen molar-refractivity contribution in [3.8, 4) is 11.9 Å². The normalized spacial score (nSPS) is 23.3. The summed E-state index contributed by atoms with van der Waals surface area (Å²) in [4.78, 5) is 13.2. The molecule has 2 aromatic heterocycles. The fraction of sp³-hybridized carbons (Fsp3) is 0.429. The topological polar surface area (TPSA) is 138 Å². The summed E-state index contributed by atoms with van der Waals surface area (Å²) in [6.07, 6.45) is -2.22. The van der Waals surface area contributed by atoms with E-state index in [1.807, 2.05) is 26.0 Å². The summed E-state index contributed by atoms with van der Waals surface area (Å²) in [6.45, 7) is 5.85. The van der Waals surface area contributed by atoms with Gasteiger partial charge in [-0.2, -0.15) is 10.2 Å². The maximum absolute atomic E-state index is 10.5. The van der Waals surface area contributed by atoms with Crippen LogP contribution in [-0.4, -0.2) is 54.1 Å². The van der Waals surface area contributed by atoms with Crippen LogP contribution in [0.15, 0.2) is 30.6 Å². The van der Waals surface area contributed by atoms with Crippen molar-refractivity contribution in [2.75, 3.05) is 5.32 Å². The number of aromatic nitrogens is 4. The molecule has 0 bridgehead atoms. The minimum atomic E-state index is -1.14. The molecule has 3 heterocycles. The van der Waals surface area contributed by atoms with Crippen molar-refractivity contribution in [1.82, 2.24) is 19.5 Å². The van der Waals surface area contributed by atoms with Crippen LogP contribution in [0.3, 0.4) is 0 Å². The van der Waals surface area contributed by atoms with Crippen LogP contribution >= 0.6 is 0 Å². The Morgan fingerprint density at radius 2 is 1.97 bits per heavy atom. The van der Waals surface area contributed by atoms with Gasteiger partial charge in [0.2, 0.25) is 11.8 Å². The largest absolute Gasteiger partial charge is 0.471 e. The third kappa shape index (κ3) is 4.03. The van der Waals surface area contributed by atoms with E-state index in [0.717, 1.165) is 5.56 Å². The Kier molecular flexibility index (Phi) is 5.73. The summed E-state index contributed by atoms with van der Waals surface area (Å²) in [6, 6.07) is 9.20. The summed E-state index contributed by atoms with van der Waals surface area (Å²) in [5.41, 5.74) is 2.27. The van der Waals surface area contributed by atoms with E-state index in [0.29, 0.717) is 22.7 Å². The number of hydrogen-bond donors (Lipinski definition) is 3. The van der Waals surface area contributed by atoms with Gasteiger partial charge < -0.3 is 25.0 Å². The van der Waals surface area contributed by atoms with Gasteiger partial charge in [-0.25, -0.2) is 9.97 Å². The summed E-state index contributed by atoms with van der Waals surface area (Å²) < 4.78 is 13.3. The number of hydrogen-bond acceptors (Lipinski definition) is 9. The van der Waals surface area contributed by atoms with Crippen molar-refractivity contribution in [3.63, 3.8) is 0 Å². The molecule has 0 spiro atoms. The molecular weight excluding hydrogens is 400 g/mol. The number of nitrogens with zero attached hydrogens (tertiary/aromatic N) is 5. The number of ether oxygens (including phenoxy) is 2. The fourth-order valence-electron chi connectivity index (χ4n) is 3.46. The summed E-state index contributed by atoms with van der Waals surface area (Å²) in [5, 5.41) is 32.9. The Labute approximate surface area is 179 Å². The first-order chi connectivity index (χ1) is 14.9. The number of nitriles is 1. The predicted octanol–water partition coefficient (Wildman–Crippen LogP) is 1.74. The number of imidazole rings is 1. The number of anilines is 1. The number of aliphatic hydroxyl groups is 2. The molecule has 1 aromatic carbocycles. The SMILES string of the molecule is CC(C)Nc1nc2c(OCc3ccc(C#N)cc3)ncnc2n1[C@@H]1O[C@H](C)[C@@H](O)[C@H]1O. The quantitative estimate of drug-likeness (QED) is 0.540. The summed E-state index contributed by atoms with van der Waals surface area (Å²) in [7, 11) is 0. The monoisotopic (exact) mass is 424 g/mol. The second-order valence-electron chi connectivity index (χ2n) is 7.77. The molecule has 0 saturated carbocycles. The van der Waals surface area contributed by atoms with Gasteiger partial charge in [0.15, 0.2) is 17.4 Å². The lowest BCUT2D eigenvalue weighted by Crippen LogP contribution is -2.31. The lowest BCUT2D eigenvalue weighted by atomic mass is 10.1. The first-order valence-electron chi connectivity index (χ1n) is 10.0. The molecule has 0 radical (unpaired) electrons. The molecule has 0 unspecified atom stereocenters. The van der Waals surface area contributed by atoms with Gasteiger partial charge >= 0.3 is 0 Å². The molecule has 3 N–H and O–H groups in total. The van der Waals surface area contributed by atoms with Crippen molar-refractivity contribution in [2.45, 2.75) is 58.0 Å². The maximum Gasteiger partial charge on any atom is 0.245 e. The first-order valence-corrected chi connectivity index (χ1v) is 10.0. The number of nitrogens with one attached hydrogen (secondary N) is 1. The molecule has 1 fully saturated rings. The second kappa shape index (κ2) is 8.47. The van der Waals surface area contributed by atoms with Gasteiger partial charge in [0.25, 0.3) is 0 Å². The van der Waals surface area contributed by atoms with E-state index in [9.17, 15) is 10.2 Å². The Morgan fingerprint density at radius 1 is 1.23 bits per heavy atom. The minimum Gasteiger partial charge on any atom is -0.471 e. The zero-order chi connectivity index (χ0) is 22.1. The van der Waals surface area contributed by atoms with Crippen LogP contribution in [0.25, 0.3) is 11.2 Å². The minimum absolute atomic E-state index is 0.0485. The first kappa shape index (κ1) is 21.0. The van der Waals surface area contributed by atoms with E-state index in [2.05, 4.69) is 26.3 Å². The molecule has 0 aliphatic carbocycles. The van der Waals surface area contributed by atoms with Gasteiger partial charge in [0, 0.05) is 6.04 Å². The van der Waals surface area contributed by atoms with Gasteiger partial charge in [-0.05, 0) is 38.5 Å². The van der Waals surface area contributed by atoms with Gasteiger partial charge in [-0.15, -0.1) is 0 Å². The Bertz CT molecular complexity index is 1110. The van der Waals surface area contributed by atoms with E-state index in [4.69, 9.17) is 14.7 Å². The van der Waals surface area contributed by atoms with Crippen molar-refractivity contribution in [2.24, 2.45) is 0 Å². The van der Waals surface area contributed by atoms with Crippen molar-refractivity contribution in [1.29, 1.82) is 5.26 Å². The van der Waals surface area contributed by atoms with Crippen molar-refractivity contribution >= 4 is 17.1 Å². The van der Waals surface area contributed by atoms with E-state index in [-0.39, 0.29) is 18.5 Å². The maximum atomic E-state index is 10.5. The van der Waals surface area contributed by atoms with Crippen LogP contribution in [-0.2, 0) is 11.3 Å². The molecule has 4 atom stereocenters. The van der Waals surface area contributed by atoms with Crippen LogP contribution < -0.4 is 10.1 Å².